The van der Waals surface area contributed by atoms with Crippen molar-refractivity contribution < 1.29 is 14.3 Å². The number of rotatable bonds is 15. The molecule has 0 atom stereocenters. The monoisotopic (exact) mass is 538 g/mol. The van der Waals surface area contributed by atoms with Gasteiger partial charge in [0.1, 0.15) is 18.2 Å². The number of nitrogens with two attached hydrogens (primary N) is 1. The van der Waals surface area contributed by atoms with E-state index in [1.807, 2.05) is 35.4 Å². The molecular formula is C30H46N6O3. The van der Waals surface area contributed by atoms with Crippen LogP contribution in [0.15, 0.2) is 35.5 Å². The summed E-state index contributed by atoms with van der Waals surface area (Å²) in [5.41, 5.74) is 8.21. The number of hydrogen-bond acceptors (Lipinski definition) is 6. The number of aromatic nitrogens is 1. The van der Waals surface area contributed by atoms with Gasteiger partial charge in [0, 0.05) is 50.9 Å². The summed E-state index contributed by atoms with van der Waals surface area (Å²) in [6.07, 6.45) is 7.08. The summed E-state index contributed by atoms with van der Waals surface area (Å²) in [6, 6.07) is 8.04. The molecule has 2 heterocycles. The zero-order chi connectivity index (χ0) is 28.0. The Labute approximate surface area is 232 Å². The molecule has 2 aromatic rings. The van der Waals surface area contributed by atoms with Gasteiger partial charge in [0.25, 0.3) is 0 Å². The molecule has 0 radical (unpaired) electrons. The van der Waals surface area contributed by atoms with Crippen LogP contribution in [0.5, 0.6) is 5.75 Å². The maximum Gasteiger partial charge on any atom is 0.248 e. The van der Waals surface area contributed by atoms with E-state index in [9.17, 15) is 4.79 Å². The number of carbonyl (C=O) groups is 1. The van der Waals surface area contributed by atoms with E-state index in [4.69, 9.17) is 20.2 Å². The minimum absolute atomic E-state index is 0.0294. The molecule has 39 heavy (non-hydrogen) atoms. The molecule has 1 fully saturated rings. The second kappa shape index (κ2) is 16.0. The van der Waals surface area contributed by atoms with Crippen molar-refractivity contribution in [2.24, 2.45) is 10.7 Å². The maximum atomic E-state index is 12.4. The van der Waals surface area contributed by atoms with Gasteiger partial charge in [-0.05, 0) is 35.8 Å². The lowest BCUT2D eigenvalue weighted by molar-refractivity contribution is -0.137. The molecule has 0 spiro atoms. The van der Waals surface area contributed by atoms with Crippen LogP contribution in [0.1, 0.15) is 57.1 Å². The number of unbranched alkanes of at least 4 members (excludes halogenated alkanes) is 2. The summed E-state index contributed by atoms with van der Waals surface area (Å²) in [4.78, 5) is 19.0. The molecule has 3 rings (SSSR count). The zero-order valence-corrected chi connectivity index (χ0v) is 23.9. The van der Waals surface area contributed by atoms with E-state index in [0.717, 1.165) is 98.1 Å². The van der Waals surface area contributed by atoms with E-state index in [1.165, 1.54) is 0 Å². The molecule has 1 aromatic heterocycles. The number of amides is 1. The third kappa shape index (κ3) is 9.14. The van der Waals surface area contributed by atoms with Crippen molar-refractivity contribution in [3.05, 3.63) is 52.2 Å². The number of carbonyl (C=O) groups excluding carboxylic acids is 1. The van der Waals surface area contributed by atoms with Crippen molar-refractivity contribution in [3.63, 3.8) is 0 Å². The van der Waals surface area contributed by atoms with Crippen LogP contribution in [0, 0.1) is 0 Å². The predicted octanol–water partition coefficient (Wildman–Crippen LogP) is 1.91. The van der Waals surface area contributed by atoms with Gasteiger partial charge in [-0.25, -0.2) is 4.99 Å². The Bertz CT molecular complexity index is 1200. The normalized spacial score (nSPS) is 14.8. The van der Waals surface area contributed by atoms with Gasteiger partial charge in [0.2, 0.25) is 5.91 Å². The van der Waals surface area contributed by atoms with E-state index < -0.39 is 0 Å². The van der Waals surface area contributed by atoms with Crippen LogP contribution >= 0.6 is 0 Å². The first-order valence-electron chi connectivity index (χ1n) is 14.1. The minimum atomic E-state index is 0.0294. The molecule has 0 saturated carbocycles. The average molecular weight is 539 g/mol. The Kier molecular flexibility index (Phi) is 12.4. The third-order valence-corrected chi connectivity index (χ3v) is 6.76. The number of ether oxygens (including phenoxy) is 2. The Balaban J connectivity index is 1.77. The number of nitrogens with one attached hydrogen (secondary N) is 2. The zero-order valence-electron chi connectivity index (χ0n) is 23.9. The van der Waals surface area contributed by atoms with Crippen LogP contribution in [-0.4, -0.2) is 67.7 Å². The van der Waals surface area contributed by atoms with Gasteiger partial charge >= 0.3 is 0 Å². The molecule has 0 aliphatic carbocycles. The summed E-state index contributed by atoms with van der Waals surface area (Å²) < 4.78 is 13.6. The van der Waals surface area contributed by atoms with Gasteiger partial charge in [0.15, 0.2) is 5.82 Å². The number of hydrogen-bond donors (Lipinski definition) is 3. The van der Waals surface area contributed by atoms with Crippen LogP contribution in [0.25, 0.3) is 12.4 Å². The van der Waals surface area contributed by atoms with Crippen LogP contribution in [0.2, 0.25) is 0 Å². The van der Waals surface area contributed by atoms with E-state index >= 15 is 0 Å². The number of aliphatic imine (C=N–C) groups is 1. The minimum Gasteiger partial charge on any atom is -0.496 e. The van der Waals surface area contributed by atoms with Crippen LogP contribution in [-0.2, 0) is 22.7 Å². The molecule has 1 amide bonds. The van der Waals surface area contributed by atoms with Gasteiger partial charge in [-0.15, -0.1) is 0 Å². The highest BCUT2D eigenvalue weighted by molar-refractivity contribution is 5.83. The molecule has 1 aliphatic rings. The number of amidine groups is 1. The smallest absolute Gasteiger partial charge is 0.248 e. The van der Waals surface area contributed by atoms with Crippen molar-refractivity contribution in [2.45, 2.75) is 59.1 Å². The van der Waals surface area contributed by atoms with Crippen molar-refractivity contribution in [1.29, 1.82) is 0 Å². The summed E-state index contributed by atoms with van der Waals surface area (Å²) in [5.74, 6) is 2.16. The molecular weight excluding hydrogens is 492 g/mol. The molecule has 214 valence electrons. The van der Waals surface area contributed by atoms with E-state index in [-0.39, 0.29) is 12.5 Å². The Hall–Kier alpha value is -3.30. The maximum absolute atomic E-state index is 12.4. The molecule has 1 aliphatic heterocycles. The molecule has 1 aromatic carbocycles. The highest BCUT2D eigenvalue weighted by Crippen LogP contribution is 2.21. The summed E-state index contributed by atoms with van der Waals surface area (Å²) >= 11 is 0. The molecule has 0 bridgehead atoms. The number of methoxy groups -OCH3 is 1. The Morgan fingerprint density at radius 3 is 2.69 bits per heavy atom. The topological polar surface area (TPSA) is 106 Å². The summed E-state index contributed by atoms with van der Waals surface area (Å²) in [5, 5.41) is 8.58. The molecule has 9 nitrogen and oxygen atoms in total. The predicted molar refractivity (Wildman–Crippen MR) is 158 cm³/mol. The fraction of sp³-hybridized carbons (Fsp3) is 0.533. The molecule has 9 heteroatoms. The first kappa shape index (κ1) is 30.2. The average Bonchev–Trinajstić information content (AvgIpc) is 3.31. The lowest BCUT2D eigenvalue weighted by atomic mass is 10.1. The quantitative estimate of drug-likeness (QED) is 0.182. The van der Waals surface area contributed by atoms with Crippen LogP contribution in [0.3, 0.4) is 0 Å². The fourth-order valence-corrected chi connectivity index (χ4v) is 4.61. The second-order valence-corrected chi connectivity index (χ2v) is 9.92. The highest BCUT2D eigenvalue weighted by Gasteiger charge is 2.16. The largest absolute Gasteiger partial charge is 0.496 e. The first-order valence-corrected chi connectivity index (χ1v) is 14.1. The molecule has 1 saturated heterocycles. The SMILES string of the molecule is C=c1ccn(Cc2ccc(COCC(=O)N3CCNCC3)cc2OC)/c1=C(/N=C(/N)CCC)NCCCCC. The lowest BCUT2D eigenvalue weighted by Crippen LogP contribution is -2.47. The molecule has 4 N–H and O–H groups in total. The van der Waals surface area contributed by atoms with Crippen molar-refractivity contribution in [3.8, 4) is 5.75 Å². The summed E-state index contributed by atoms with van der Waals surface area (Å²) in [7, 11) is 1.67. The van der Waals surface area contributed by atoms with E-state index in [0.29, 0.717) is 19.0 Å². The van der Waals surface area contributed by atoms with Gasteiger partial charge in [-0.1, -0.05) is 45.4 Å². The Morgan fingerprint density at radius 2 is 1.97 bits per heavy atom. The summed E-state index contributed by atoms with van der Waals surface area (Å²) in [6.45, 7) is 13.5. The van der Waals surface area contributed by atoms with E-state index in [2.05, 4.69) is 35.6 Å². The standard InChI is InChI=1S/C30H46N6O3/c1-5-7-8-13-33-30(34-27(31)9-6-2)29-23(3)12-16-36(29)20-25-11-10-24(19-26(25)38-4)21-39-22-28(37)35-17-14-32-15-18-35/h10-12,16,19,32-33H,3,5-9,13-15,17-18,20-22H2,1-2,4H3,(H2,31,34)/b30-29+. The van der Waals surface area contributed by atoms with Crippen molar-refractivity contribution in [2.75, 3.05) is 46.4 Å². The third-order valence-electron chi connectivity index (χ3n) is 6.76. The number of piperazine rings is 1. The number of nitrogens with zero attached hydrogens (tertiary/aromatic N) is 3. The van der Waals surface area contributed by atoms with Gasteiger partial charge < -0.3 is 35.3 Å². The lowest BCUT2D eigenvalue weighted by Gasteiger charge is -2.27. The van der Waals surface area contributed by atoms with Crippen molar-refractivity contribution in [1.82, 2.24) is 20.1 Å². The van der Waals surface area contributed by atoms with Crippen LogP contribution in [0.4, 0.5) is 0 Å². The first-order chi connectivity index (χ1) is 19.0. The van der Waals surface area contributed by atoms with Crippen molar-refractivity contribution >= 4 is 24.1 Å². The fourth-order valence-electron chi connectivity index (χ4n) is 4.61. The highest BCUT2D eigenvalue weighted by atomic mass is 16.5. The van der Waals surface area contributed by atoms with Crippen LogP contribution < -0.4 is 31.7 Å². The molecule has 0 unspecified atom stereocenters. The second-order valence-electron chi connectivity index (χ2n) is 9.92. The number of benzene rings is 1. The van der Waals surface area contributed by atoms with Gasteiger partial charge in [-0.3, -0.25) is 4.79 Å². The Morgan fingerprint density at radius 1 is 1.18 bits per heavy atom. The van der Waals surface area contributed by atoms with E-state index in [1.54, 1.807) is 7.11 Å². The van der Waals surface area contributed by atoms with Gasteiger partial charge in [0.05, 0.1) is 25.6 Å². The van der Waals surface area contributed by atoms with Gasteiger partial charge in [-0.2, -0.15) is 0 Å².